The SMILES string of the molecule is Fc1cc(Br)cc(OC/C=C/c2ccccc2)c1F. The van der Waals surface area contributed by atoms with E-state index in [1.165, 1.54) is 6.07 Å². The quantitative estimate of drug-likeness (QED) is 0.733. The molecule has 0 fully saturated rings. The fourth-order valence-corrected chi connectivity index (χ4v) is 1.93. The fraction of sp³-hybridized carbons (Fsp3) is 0.0667. The number of ether oxygens (including phenoxy) is 1. The number of hydrogen-bond donors (Lipinski definition) is 0. The molecule has 0 N–H and O–H groups in total. The van der Waals surface area contributed by atoms with Crippen LogP contribution in [-0.2, 0) is 0 Å². The van der Waals surface area contributed by atoms with E-state index in [-0.39, 0.29) is 12.4 Å². The smallest absolute Gasteiger partial charge is 0.200 e. The van der Waals surface area contributed by atoms with Crippen molar-refractivity contribution in [1.29, 1.82) is 0 Å². The lowest BCUT2D eigenvalue weighted by molar-refractivity contribution is 0.332. The Balaban J connectivity index is 1.98. The lowest BCUT2D eigenvalue weighted by Crippen LogP contribution is -1.98. The Morgan fingerprint density at radius 3 is 2.58 bits per heavy atom. The zero-order valence-electron chi connectivity index (χ0n) is 9.95. The van der Waals surface area contributed by atoms with Gasteiger partial charge >= 0.3 is 0 Å². The molecular formula is C15H11BrF2O. The van der Waals surface area contributed by atoms with Crippen LogP contribution in [0.3, 0.4) is 0 Å². The molecule has 4 heteroatoms. The third-order valence-electron chi connectivity index (χ3n) is 2.40. The van der Waals surface area contributed by atoms with Gasteiger partial charge in [0.15, 0.2) is 11.6 Å². The molecule has 0 aliphatic carbocycles. The first-order chi connectivity index (χ1) is 9.16. The summed E-state index contributed by atoms with van der Waals surface area (Å²) in [7, 11) is 0. The number of halogens is 3. The van der Waals surface area contributed by atoms with Gasteiger partial charge in [-0.3, -0.25) is 0 Å². The average molecular weight is 325 g/mol. The summed E-state index contributed by atoms with van der Waals surface area (Å²) in [5, 5.41) is 0. The fourth-order valence-electron chi connectivity index (χ4n) is 1.52. The predicted octanol–water partition coefficient (Wildman–Crippen LogP) is 4.82. The van der Waals surface area contributed by atoms with Crippen LogP contribution in [0.15, 0.2) is 53.0 Å². The maximum absolute atomic E-state index is 13.4. The van der Waals surface area contributed by atoms with Crippen molar-refractivity contribution in [2.75, 3.05) is 6.61 Å². The molecule has 0 atom stereocenters. The van der Waals surface area contributed by atoms with E-state index < -0.39 is 11.6 Å². The summed E-state index contributed by atoms with van der Waals surface area (Å²) in [4.78, 5) is 0. The van der Waals surface area contributed by atoms with Crippen LogP contribution >= 0.6 is 15.9 Å². The number of hydrogen-bond acceptors (Lipinski definition) is 1. The second-order valence-corrected chi connectivity index (χ2v) is 4.74. The van der Waals surface area contributed by atoms with Gasteiger partial charge in [-0.15, -0.1) is 0 Å². The molecule has 19 heavy (non-hydrogen) atoms. The van der Waals surface area contributed by atoms with Gasteiger partial charge in [-0.25, -0.2) is 4.39 Å². The molecule has 0 saturated heterocycles. The first-order valence-electron chi connectivity index (χ1n) is 5.66. The summed E-state index contributed by atoms with van der Waals surface area (Å²) >= 11 is 3.09. The van der Waals surface area contributed by atoms with E-state index in [9.17, 15) is 8.78 Å². The van der Waals surface area contributed by atoms with E-state index >= 15 is 0 Å². The monoisotopic (exact) mass is 324 g/mol. The minimum absolute atomic E-state index is 0.107. The Bertz CT molecular complexity index is 582. The first kappa shape index (κ1) is 13.7. The molecule has 2 rings (SSSR count). The Labute approximate surface area is 118 Å². The highest BCUT2D eigenvalue weighted by atomic mass is 79.9. The molecule has 1 nitrogen and oxygen atoms in total. The summed E-state index contributed by atoms with van der Waals surface area (Å²) in [5.41, 5.74) is 1.02. The van der Waals surface area contributed by atoms with Crippen LogP contribution in [0, 0.1) is 11.6 Å². The van der Waals surface area contributed by atoms with Gasteiger partial charge in [0.1, 0.15) is 6.61 Å². The summed E-state index contributed by atoms with van der Waals surface area (Å²) in [6.07, 6.45) is 3.60. The maximum Gasteiger partial charge on any atom is 0.200 e. The zero-order valence-corrected chi connectivity index (χ0v) is 11.5. The largest absolute Gasteiger partial charge is 0.486 e. The van der Waals surface area contributed by atoms with Crippen molar-refractivity contribution < 1.29 is 13.5 Å². The molecule has 2 aromatic carbocycles. The second-order valence-electron chi connectivity index (χ2n) is 3.82. The third kappa shape index (κ3) is 3.89. The Morgan fingerprint density at radius 1 is 1.11 bits per heavy atom. The van der Waals surface area contributed by atoms with Gasteiger partial charge in [0, 0.05) is 4.47 Å². The van der Waals surface area contributed by atoms with Crippen molar-refractivity contribution in [2.45, 2.75) is 0 Å². The molecule has 0 radical (unpaired) electrons. The topological polar surface area (TPSA) is 9.23 Å². The van der Waals surface area contributed by atoms with Gasteiger partial charge < -0.3 is 4.74 Å². The van der Waals surface area contributed by atoms with E-state index in [4.69, 9.17) is 4.74 Å². The van der Waals surface area contributed by atoms with E-state index in [0.717, 1.165) is 11.6 Å². The van der Waals surface area contributed by atoms with Gasteiger partial charge in [-0.05, 0) is 23.8 Å². The van der Waals surface area contributed by atoms with Crippen molar-refractivity contribution in [1.82, 2.24) is 0 Å². The zero-order chi connectivity index (χ0) is 13.7. The van der Waals surface area contributed by atoms with Crippen LogP contribution < -0.4 is 4.74 Å². The van der Waals surface area contributed by atoms with Crippen molar-refractivity contribution in [3.8, 4) is 5.75 Å². The van der Waals surface area contributed by atoms with Gasteiger partial charge in [0.05, 0.1) is 0 Å². The highest BCUT2D eigenvalue weighted by Crippen LogP contribution is 2.25. The molecule has 0 bridgehead atoms. The standard InChI is InChI=1S/C15H11BrF2O/c16-12-9-13(17)15(18)14(10-12)19-8-4-7-11-5-2-1-3-6-11/h1-7,9-10H,8H2/b7-4+. The molecule has 0 heterocycles. The van der Waals surface area contributed by atoms with Crippen LogP contribution in [0.4, 0.5) is 8.78 Å². The van der Waals surface area contributed by atoms with Gasteiger partial charge in [-0.2, -0.15) is 4.39 Å². The maximum atomic E-state index is 13.4. The Kier molecular flexibility index (Phi) is 4.68. The normalized spacial score (nSPS) is 10.9. The molecule has 0 aliphatic rings. The molecule has 0 amide bonds. The van der Waals surface area contributed by atoms with Crippen molar-refractivity contribution in [3.05, 3.63) is 70.2 Å². The van der Waals surface area contributed by atoms with Gasteiger partial charge in [0.2, 0.25) is 5.82 Å². The van der Waals surface area contributed by atoms with Crippen LogP contribution in [0.5, 0.6) is 5.75 Å². The molecule has 0 aromatic heterocycles. The molecule has 0 spiro atoms. The Hall–Kier alpha value is -1.68. The molecular weight excluding hydrogens is 314 g/mol. The van der Waals surface area contributed by atoms with Crippen LogP contribution in [0.2, 0.25) is 0 Å². The first-order valence-corrected chi connectivity index (χ1v) is 6.45. The summed E-state index contributed by atoms with van der Waals surface area (Å²) in [5.74, 6) is -2.02. The van der Waals surface area contributed by atoms with Crippen LogP contribution in [-0.4, -0.2) is 6.61 Å². The second kappa shape index (κ2) is 6.48. The number of benzene rings is 2. The molecule has 0 saturated carbocycles. The van der Waals surface area contributed by atoms with E-state index in [1.54, 1.807) is 6.08 Å². The van der Waals surface area contributed by atoms with Gasteiger partial charge in [-0.1, -0.05) is 52.3 Å². The molecule has 98 valence electrons. The highest BCUT2D eigenvalue weighted by Gasteiger charge is 2.10. The third-order valence-corrected chi connectivity index (χ3v) is 2.86. The minimum atomic E-state index is -0.976. The van der Waals surface area contributed by atoms with E-state index in [0.29, 0.717) is 4.47 Å². The molecule has 0 aliphatic heterocycles. The van der Waals surface area contributed by atoms with Gasteiger partial charge in [0.25, 0.3) is 0 Å². The summed E-state index contributed by atoms with van der Waals surface area (Å²) in [6, 6.07) is 12.1. The average Bonchev–Trinajstić information content (AvgIpc) is 2.41. The van der Waals surface area contributed by atoms with E-state index in [1.807, 2.05) is 36.4 Å². The van der Waals surface area contributed by atoms with Crippen molar-refractivity contribution in [2.24, 2.45) is 0 Å². The number of rotatable bonds is 4. The molecule has 0 unspecified atom stereocenters. The lowest BCUT2D eigenvalue weighted by atomic mass is 10.2. The lowest BCUT2D eigenvalue weighted by Gasteiger charge is -2.05. The van der Waals surface area contributed by atoms with Crippen molar-refractivity contribution in [3.63, 3.8) is 0 Å². The van der Waals surface area contributed by atoms with E-state index in [2.05, 4.69) is 15.9 Å². The molecule has 2 aromatic rings. The van der Waals surface area contributed by atoms with Crippen molar-refractivity contribution >= 4 is 22.0 Å². The predicted molar refractivity (Wildman–Crippen MR) is 75.0 cm³/mol. The Morgan fingerprint density at radius 2 is 1.84 bits per heavy atom. The highest BCUT2D eigenvalue weighted by molar-refractivity contribution is 9.10. The minimum Gasteiger partial charge on any atom is -0.486 e. The van der Waals surface area contributed by atoms with Crippen LogP contribution in [0.1, 0.15) is 5.56 Å². The van der Waals surface area contributed by atoms with Crippen LogP contribution in [0.25, 0.3) is 6.08 Å². The summed E-state index contributed by atoms with van der Waals surface area (Å²) in [6.45, 7) is 0.168. The summed E-state index contributed by atoms with van der Waals surface area (Å²) < 4.78 is 32.1.